The topological polar surface area (TPSA) is 52.0 Å². The summed E-state index contributed by atoms with van der Waals surface area (Å²) in [6.45, 7) is 8.65. The summed E-state index contributed by atoms with van der Waals surface area (Å²) in [5, 5.41) is 0. The van der Waals surface area contributed by atoms with Gasteiger partial charge in [-0.3, -0.25) is 0 Å². The van der Waals surface area contributed by atoms with E-state index in [-0.39, 0.29) is 0 Å². The van der Waals surface area contributed by atoms with E-state index in [1.54, 1.807) is 11.8 Å². The Bertz CT molecular complexity index is 352. The normalized spacial score (nSPS) is 11.4. The first-order chi connectivity index (χ1) is 7.40. The van der Waals surface area contributed by atoms with E-state index >= 15 is 0 Å². The lowest BCUT2D eigenvalue weighted by atomic mass is 9.93. The minimum atomic E-state index is 0.434. The maximum absolute atomic E-state index is 6.16. The fraction of sp³-hybridized carbons (Fsp3) is 0.538. The zero-order chi connectivity index (χ0) is 12.5. The molecule has 1 aromatic rings. The molecule has 0 saturated carbocycles. The Morgan fingerprint density at radius 2 is 1.31 bits per heavy atom. The van der Waals surface area contributed by atoms with Crippen LogP contribution in [-0.2, 0) is 0 Å². The summed E-state index contributed by atoms with van der Waals surface area (Å²) in [6, 6.07) is 2.17. The van der Waals surface area contributed by atoms with E-state index in [2.05, 4.69) is 33.8 Å². The molecule has 0 radical (unpaired) electrons. The van der Waals surface area contributed by atoms with Gasteiger partial charge in [-0.25, -0.2) is 0 Å². The highest BCUT2D eigenvalue weighted by atomic mass is 32.2. The van der Waals surface area contributed by atoms with Crippen molar-refractivity contribution in [2.75, 3.05) is 17.7 Å². The highest BCUT2D eigenvalue weighted by molar-refractivity contribution is 7.99. The number of nitrogen functional groups attached to an aromatic ring is 2. The molecule has 3 heteroatoms. The van der Waals surface area contributed by atoms with E-state index < -0.39 is 0 Å². The van der Waals surface area contributed by atoms with Gasteiger partial charge in [-0.2, -0.15) is 0 Å². The molecule has 1 rings (SSSR count). The van der Waals surface area contributed by atoms with E-state index in [9.17, 15) is 0 Å². The zero-order valence-corrected chi connectivity index (χ0v) is 11.6. The van der Waals surface area contributed by atoms with Crippen molar-refractivity contribution in [3.63, 3.8) is 0 Å². The van der Waals surface area contributed by atoms with E-state index in [1.165, 1.54) is 11.1 Å². The van der Waals surface area contributed by atoms with Crippen molar-refractivity contribution in [1.29, 1.82) is 0 Å². The Kier molecular flexibility index (Phi) is 4.14. The third-order valence-corrected chi connectivity index (χ3v) is 3.72. The molecule has 0 fully saturated rings. The van der Waals surface area contributed by atoms with Gasteiger partial charge in [-0.1, -0.05) is 33.8 Å². The predicted octanol–water partition coefficient (Wildman–Crippen LogP) is 3.82. The van der Waals surface area contributed by atoms with Gasteiger partial charge in [-0.05, 0) is 29.2 Å². The Hall–Kier alpha value is -0.830. The lowest BCUT2D eigenvalue weighted by molar-refractivity contribution is 0.833. The summed E-state index contributed by atoms with van der Waals surface area (Å²) in [6.07, 6.45) is 2.02. The molecule has 0 atom stereocenters. The van der Waals surface area contributed by atoms with Crippen molar-refractivity contribution in [2.45, 2.75) is 44.4 Å². The van der Waals surface area contributed by atoms with Crippen LogP contribution >= 0.6 is 11.8 Å². The molecule has 0 aliphatic rings. The maximum atomic E-state index is 6.16. The van der Waals surface area contributed by atoms with Crippen LogP contribution in [0.3, 0.4) is 0 Å². The maximum Gasteiger partial charge on any atom is 0.0535 e. The fourth-order valence-electron chi connectivity index (χ4n) is 1.91. The highest BCUT2D eigenvalue weighted by Crippen LogP contribution is 2.40. The number of benzene rings is 1. The lowest BCUT2D eigenvalue weighted by Gasteiger charge is -2.20. The Morgan fingerprint density at radius 1 is 0.938 bits per heavy atom. The van der Waals surface area contributed by atoms with E-state index in [0.717, 1.165) is 16.3 Å². The molecule has 0 aromatic heterocycles. The summed E-state index contributed by atoms with van der Waals surface area (Å²) in [5.41, 5.74) is 16.5. The molecule has 0 heterocycles. The third-order valence-electron chi connectivity index (χ3n) is 2.87. The second-order valence-corrected chi connectivity index (χ2v) is 5.54. The first kappa shape index (κ1) is 13.2. The number of hydrogen-bond donors (Lipinski definition) is 2. The van der Waals surface area contributed by atoms with Crippen LogP contribution in [0.1, 0.15) is 50.7 Å². The van der Waals surface area contributed by atoms with Gasteiger partial charge in [0.15, 0.2) is 0 Å². The third kappa shape index (κ3) is 2.29. The number of rotatable bonds is 3. The SMILES string of the molecule is CSc1c(N)c(C(C)C)cc(C(C)C)c1N. The molecule has 0 aliphatic heterocycles. The lowest BCUT2D eigenvalue weighted by Crippen LogP contribution is -2.06. The summed E-state index contributed by atoms with van der Waals surface area (Å²) in [5.74, 6) is 0.869. The van der Waals surface area contributed by atoms with Gasteiger partial charge in [0.2, 0.25) is 0 Å². The highest BCUT2D eigenvalue weighted by Gasteiger charge is 2.16. The van der Waals surface area contributed by atoms with Gasteiger partial charge >= 0.3 is 0 Å². The molecular formula is C13H22N2S. The first-order valence-electron chi connectivity index (χ1n) is 5.65. The smallest absolute Gasteiger partial charge is 0.0535 e. The van der Waals surface area contributed by atoms with E-state index in [0.29, 0.717) is 11.8 Å². The van der Waals surface area contributed by atoms with Crippen molar-refractivity contribution in [3.05, 3.63) is 17.2 Å². The number of thioether (sulfide) groups is 1. The second-order valence-electron chi connectivity index (χ2n) is 4.73. The summed E-state index contributed by atoms with van der Waals surface area (Å²) < 4.78 is 0. The number of hydrogen-bond acceptors (Lipinski definition) is 3. The quantitative estimate of drug-likeness (QED) is 0.621. The van der Waals surface area contributed by atoms with Gasteiger partial charge in [0.05, 0.1) is 16.3 Å². The van der Waals surface area contributed by atoms with Gasteiger partial charge in [-0.15, -0.1) is 11.8 Å². The van der Waals surface area contributed by atoms with Crippen LogP contribution in [0.2, 0.25) is 0 Å². The Balaban J connectivity index is 3.50. The van der Waals surface area contributed by atoms with Crippen LogP contribution < -0.4 is 11.5 Å². The molecule has 0 saturated heterocycles. The standard InChI is InChI=1S/C13H22N2S/c1-7(2)9-6-10(8(3)4)12(15)13(16-5)11(9)14/h6-8H,14-15H2,1-5H3. The van der Waals surface area contributed by atoms with Crippen LogP contribution in [0, 0.1) is 0 Å². The minimum Gasteiger partial charge on any atom is -0.398 e. The van der Waals surface area contributed by atoms with Crippen LogP contribution in [0.5, 0.6) is 0 Å². The summed E-state index contributed by atoms with van der Waals surface area (Å²) in [7, 11) is 0. The molecule has 0 bridgehead atoms. The molecule has 90 valence electrons. The molecule has 0 aliphatic carbocycles. The van der Waals surface area contributed by atoms with Crippen molar-refractivity contribution in [3.8, 4) is 0 Å². The average molecular weight is 238 g/mol. The second kappa shape index (κ2) is 5.00. The Labute approximate surface area is 103 Å². The van der Waals surface area contributed by atoms with Crippen LogP contribution in [0.4, 0.5) is 11.4 Å². The summed E-state index contributed by atoms with van der Waals surface area (Å²) >= 11 is 1.64. The van der Waals surface area contributed by atoms with Crippen LogP contribution in [-0.4, -0.2) is 6.26 Å². The number of nitrogens with two attached hydrogens (primary N) is 2. The van der Waals surface area contributed by atoms with Gasteiger partial charge in [0.25, 0.3) is 0 Å². The van der Waals surface area contributed by atoms with Gasteiger partial charge in [0.1, 0.15) is 0 Å². The zero-order valence-electron chi connectivity index (χ0n) is 10.8. The molecule has 0 amide bonds. The van der Waals surface area contributed by atoms with Crippen LogP contribution in [0.15, 0.2) is 11.0 Å². The minimum absolute atomic E-state index is 0.434. The first-order valence-corrected chi connectivity index (χ1v) is 6.88. The Morgan fingerprint density at radius 3 is 1.56 bits per heavy atom. The van der Waals surface area contributed by atoms with E-state index in [4.69, 9.17) is 11.5 Å². The molecule has 1 aromatic carbocycles. The van der Waals surface area contributed by atoms with Crippen molar-refractivity contribution in [2.24, 2.45) is 0 Å². The van der Waals surface area contributed by atoms with Crippen molar-refractivity contribution < 1.29 is 0 Å². The molecular weight excluding hydrogens is 216 g/mol. The van der Waals surface area contributed by atoms with Crippen LogP contribution in [0.25, 0.3) is 0 Å². The molecule has 0 unspecified atom stereocenters. The van der Waals surface area contributed by atoms with Gasteiger partial charge in [0, 0.05) is 0 Å². The molecule has 16 heavy (non-hydrogen) atoms. The van der Waals surface area contributed by atoms with Crippen molar-refractivity contribution >= 4 is 23.1 Å². The predicted molar refractivity (Wildman–Crippen MR) is 75.2 cm³/mol. The van der Waals surface area contributed by atoms with E-state index in [1.807, 2.05) is 6.26 Å². The molecule has 2 nitrogen and oxygen atoms in total. The number of anilines is 2. The monoisotopic (exact) mass is 238 g/mol. The molecule has 4 N–H and O–H groups in total. The fourth-order valence-corrected chi connectivity index (χ4v) is 2.58. The van der Waals surface area contributed by atoms with Crippen molar-refractivity contribution in [1.82, 2.24) is 0 Å². The van der Waals surface area contributed by atoms with Gasteiger partial charge < -0.3 is 11.5 Å². The molecule has 0 spiro atoms. The largest absolute Gasteiger partial charge is 0.398 e. The average Bonchev–Trinajstić information content (AvgIpc) is 2.17. The summed E-state index contributed by atoms with van der Waals surface area (Å²) in [4.78, 5) is 1.04.